The molecule has 2 heterocycles. The summed E-state index contributed by atoms with van der Waals surface area (Å²) in [5, 5.41) is 14.6. The van der Waals surface area contributed by atoms with Crippen LogP contribution in [-0.2, 0) is 11.3 Å². The van der Waals surface area contributed by atoms with E-state index in [1.54, 1.807) is 11.3 Å². The Bertz CT molecular complexity index is 962. The molecule has 0 aliphatic carbocycles. The summed E-state index contributed by atoms with van der Waals surface area (Å²) < 4.78 is 2.01. The van der Waals surface area contributed by atoms with Crippen molar-refractivity contribution in [3.05, 3.63) is 64.9 Å². The summed E-state index contributed by atoms with van der Waals surface area (Å²) in [6, 6.07) is 12.1. The van der Waals surface area contributed by atoms with Crippen molar-refractivity contribution in [3.63, 3.8) is 0 Å². The van der Waals surface area contributed by atoms with Gasteiger partial charge in [-0.15, -0.1) is 28.1 Å². The molecule has 1 aromatic carbocycles. The smallest absolute Gasteiger partial charge is 0.230 e. The van der Waals surface area contributed by atoms with E-state index in [0.29, 0.717) is 12.5 Å². The molecule has 1 N–H and O–H groups in total. The van der Waals surface area contributed by atoms with Gasteiger partial charge in [-0.05, 0) is 24.5 Å². The second-order valence-electron chi connectivity index (χ2n) is 7.09. The van der Waals surface area contributed by atoms with Crippen molar-refractivity contribution in [3.8, 4) is 11.4 Å². The Morgan fingerprint density at radius 3 is 2.69 bits per heavy atom. The maximum absolute atomic E-state index is 12.4. The van der Waals surface area contributed by atoms with Gasteiger partial charge in [0, 0.05) is 22.4 Å². The Hall–Kier alpha value is -2.38. The third-order valence-corrected chi connectivity index (χ3v) is 6.68. The van der Waals surface area contributed by atoms with Gasteiger partial charge in [0.15, 0.2) is 11.0 Å². The van der Waals surface area contributed by atoms with Crippen LogP contribution in [0, 0.1) is 0 Å². The highest BCUT2D eigenvalue weighted by atomic mass is 32.2. The number of carbonyl (C=O) groups is 1. The van der Waals surface area contributed by atoms with Gasteiger partial charge in [-0.25, -0.2) is 0 Å². The van der Waals surface area contributed by atoms with Crippen LogP contribution >= 0.6 is 23.1 Å². The summed E-state index contributed by atoms with van der Waals surface area (Å²) in [6.45, 7) is 10.8. The average molecular weight is 427 g/mol. The summed E-state index contributed by atoms with van der Waals surface area (Å²) in [5.74, 6) is 1.55. The average Bonchev–Trinajstić information content (AvgIpc) is 3.34. The van der Waals surface area contributed by atoms with Crippen LogP contribution in [0.1, 0.15) is 43.2 Å². The number of amides is 1. The number of thiophene rings is 1. The van der Waals surface area contributed by atoms with E-state index in [1.807, 2.05) is 47.9 Å². The maximum atomic E-state index is 12.4. The molecule has 0 bridgehead atoms. The van der Waals surface area contributed by atoms with E-state index in [9.17, 15) is 4.79 Å². The van der Waals surface area contributed by atoms with Crippen molar-refractivity contribution >= 4 is 29.0 Å². The highest BCUT2D eigenvalue weighted by Crippen LogP contribution is 2.31. The Morgan fingerprint density at radius 1 is 1.28 bits per heavy atom. The minimum atomic E-state index is -0.0360. The first-order valence-electron chi connectivity index (χ1n) is 9.59. The third-order valence-electron chi connectivity index (χ3n) is 4.48. The second kappa shape index (κ2) is 9.89. The van der Waals surface area contributed by atoms with Gasteiger partial charge in [-0.2, -0.15) is 0 Å². The molecule has 1 atom stereocenters. The molecule has 0 fully saturated rings. The number of nitrogens with zero attached hydrogens (tertiary/aromatic N) is 3. The zero-order chi connectivity index (χ0) is 20.8. The number of thioether (sulfide) groups is 1. The SMILES string of the molecule is C=CCn1c(SCC(=O)NC(C)c2ccccc2)nnc1-c1csc(C(C)C)c1. The third kappa shape index (κ3) is 5.36. The van der Waals surface area contributed by atoms with Crippen LogP contribution < -0.4 is 5.32 Å². The molecule has 0 spiro atoms. The molecule has 0 aliphatic heterocycles. The lowest BCUT2D eigenvalue weighted by molar-refractivity contribution is -0.119. The molecule has 7 heteroatoms. The van der Waals surface area contributed by atoms with Crippen molar-refractivity contribution in [2.75, 3.05) is 5.75 Å². The highest BCUT2D eigenvalue weighted by Gasteiger charge is 2.17. The Kier molecular flexibility index (Phi) is 7.28. The first kappa shape index (κ1) is 21.3. The number of allylic oxidation sites excluding steroid dienone is 1. The fourth-order valence-corrected chi connectivity index (χ4v) is 4.58. The molecule has 3 aromatic rings. The maximum Gasteiger partial charge on any atom is 0.230 e. The van der Waals surface area contributed by atoms with Gasteiger partial charge in [-0.3, -0.25) is 9.36 Å². The molecule has 29 heavy (non-hydrogen) atoms. The van der Waals surface area contributed by atoms with Crippen LogP contribution in [0.2, 0.25) is 0 Å². The van der Waals surface area contributed by atoms with Crippen molar-refractivity contribution in [2.24, 2.45) is 0 Å². The van der Waals surface area contributed by atoms with Gasteiger partial charge >= 0.3 is 0 Å². The summed E-state index contributed by atoms with van der Waals surface area (Å²) in [4.78, 5) is 13.7. The van der Waals surface area contributed by atoms with Crippen molar-refractivity contribution in [1.82, 2.24) is 20.1 Å². The van der Waals surface area contributed by atoms with Gasteiger partial charge < -0.3 is 5.32 Å². The lowest BCUT2D eigenvalue weighted by Crippen LogP contribution is -2.28. The van der Waals surface area contributed by atoms with Gasteiger partial charge in [0.1, 0.15) is 0 Å². The van der Waals surface area contributed by atoms with Crippen LogP contribution in [0.3, 0.4) is 0 Å². The quantitative estimate of drug-likeness (QED) is 0.373. The molecule has 1 amide bonds. The fraction of sp³-hybridized carbons (Fsp3) is 0.318. The predicted octanol–water partition coefficient (Wildman–Crippen LogP) is 5.29. The predicted molar refractivity (Wildman–Crippen MR) is 121 cm³/mol. The molecule has 1 unspecified atom stereocenters. The van der Waals surface area contributed by atoms with Crippen molar-refractivity contribution in [2.45, 2.75) is 44.4 Å². The lowest BCUT2D eigenvalue weighted by atomic mass is 10.1. The summed E-state index contributed by atoms with van der Waals surface area (Å²) in [5.41, 5.74) is 2.14. The zero-order valence-electron chi connectivity index (χ0n) is 17.0. The van der Waals surface area contributed by atoms with Crippen LogP contribution in [0.25, 0.3) is 11.4 Å². The van der Waals surface area contributed by atoms with Gasteiger partial charge in [0.2, 0.25) is 5.91 Å². The normalized spacial score (nSPS) is 12.1. The molecule has 0 aliphatic rings. The molecule has 0 saturated heterocycles. The van der Waals surface area contributed by atoms with Gasteiger partial charge in [0.05, 0.1) is 11.8 Å². The summed E-state index contributed by atoms with van der Waals surface area (Å²) in [6.07, 6.45) is 1.82. The van der Waals surface area contributed by atoms with Crippen molar-refractivity contribution in [1.29, 1.82) is 0 Å². The van der Waals surface area contributed by atoms with Crippen LogP contribution in [-0.4, -0.2) is 26.4 Å². The van der Waals surface area contributed by atoms with Crippen LogP contribution in [0.15, 0.2) is 59.6 Å². The number of hydrogen-bond acceptors (Lipinski definition) is 5. The molecule has 3 rings (SSSR count). The standard InChI is InChI=1S/C22H26N4OS2/c1-5-11-26-21(18-12-19(15(2)3)28-13-18)24-25-22(26)29-14-20(27)23-16(4)17-9-7-6-8-10-17/h5-10,12-13,15-16H,1,11,14H2,2-4H3,(H,23,27). The second-order valence-corrected chi connectivity index (χ2v) is 8.97. The van der Waals surface area contributed by atoms with Gasteiger partial charge in [-0.1, -0.05) is 62.0 Å². The molecule has 0 saturated carbocycles. The molecule has 2 aromatic heterocycles. The van der Waals surface area contributed by atoms with Crippen molar-refractivity contribution < 1.29 is 4.79 Å². The Balaban J connectivity index is 1.68. The first-order chi connectivity index (χ1) is 14.0. The number of rotatable bonds is 9. The molecule has 5 nitrogen and oxygen atoms in total. The monoisotopic (exact) mass is 426 g/mol. The zero-order valence-corrected chi connectivity index (χ0v) is 18.6. The fourth-order valence-electron chi connectivity index (χ4n) is 2.91. The number of carbonyl (C=O) groups excluding carboxylic acids is 1. The van der Waals surface area contributed by atoms with E-state index in [0.717, 1.165) is 22.1 Å². The van der Waals surface area contributed by atoms with Crippen LogP contribution in [0.4, 0.5) is 0 Å². The molecular formula is C22H26N4OS2. The topological polar surface area (TPSA) is 59.8 Å². The number of aromatic nitrogens is 3. The van der Waals surface area contributed by atoms with Crippen LogP contribution in [0.5, 0.6) is 0 Å². The van der Waals surface area contributed by atoms with E-state index in [4.69, 9.17) is 0 Å². The van der Waals surface area contributed by atoms with E-state index in [-0.39, 0.29) is 17.7 Å². The largest absolute Gasteiger partial charge is 0.349 e. The molecule has 0 radical (unpaired) electrons. The summed E-state index contributed by atoms with van der Waals surface area (Å²) in [7, 11) is 0. The molecule has 152 valence electrons. The Labute approximate surface area is 180 Å². The van der Waals surface area contributed by atoms with E-state index in [2.05, 4.69) is 47.4 Å². The lowest BCUT2D eigenvalue weighted by Gasteiger charge is -2.14. The Morgan fingerprint density at radius 2 is 2.03 bits per heavy atom. The van der Waals surface area contributed by atoms with E-state index < -0.39 is 0 Å². The van der Waals surface area contributed by atoms with Gasteiger partial charge in [0.25, 0.3) is 0 Å². The van der Waals surface area contributed by atoms with E-state index in [1.165, 1.54) is 16.6 Å². The number of benzene rings is 1. The highest BCUT2D eigenvalue weighted by molar-refractivity contribution is 7.99. The first-order valence-corrected chi connectivity index (χ1v) is 11.5. The number of hydrogen-bond donors (Lipinski definition) is 1. The summed E-state index contributed by atoms with van der Waals surface area (Å²) >= 11 is 3.13. The molecular weight excluding hydrogens is 400 g/mol. The number of nitrogens with one attached hydrogen (secondary N) is 1. The minimum absolute atomic E-state index is 0.0290. The minimum Gasteiger partial charge on any atom is -0.349 e. The van der Waals surface area contributed by atoms with E-state index >= 15 is 0 Å².